The van der Waals surface area contributed by atoms with E-state index < -0.39 is 0 Å². The summed E-state index contributed by atoms with van der Waals surface area (Å²) in [5, 5.41) is 12.5. The number of aryl methyl sites for hydroxylation is 1. The monoisotopic (exact) mass is 314 g/mol. The zero-order valence-corrected chi connectivity index (χ0v) is 12.4. The first-order valence-electron chi connectivity index (χ1n) is 6.25. The van der Waals surface area contributed by atoms with E-state index >= 15 is 0 Å². The van der Waals surface area contributed by atoms with Crippen molar-refractivity contribution in [3.63, 3.8) is 0 Å². The van der Waals surface area contributed by atoms with Crippen molar-refractivity contribution in [1.82, 2.24) is 0 Å². The molecule has 0 saturated carbocycles. The Balaban J connectivity index is 2.20. The van der Waals surface area contributed by atoms with E-state index in [0.717, 1.165) is 23.1 Å². The maximum Gasteiger partial charge on any atom is 0.103 e. The molecule has 96 valence electrons. The number of nitrogens with zero attached hydrogens (tertiary/aromatic N) is 1. The lowest BCUT2D eigenvalue weighted by Gasteiger charge is -2.12. The minimum atomic E-state index is 0.650. The number of nitriles is 1. The van der Waals surface area contributed by atoms with Crippen molar-refractivity contribution in [2.75, 3.05) is 5.32 Å². The highest BCUT2D eigenvalue weighted by atomic mass is 79.9. The number of nitrogens with one attached hydrogen (secondary N) is 1. The molecule has 2 nitrogen and oxygen atoms in total. The van der Waals surface area contributed by atoms with E-state index in [1.807, 2.05) is 24.3 Å². The zero-order valence-electron chi connectivity index (χ0n) is 10.8. The van der Waals surface area contributed by atoms with Gasteiger partial charge in [-0.3, -0.25) is 0 Å². The Morgan fingerprint density at radius 3 is 2.53 bits per heavy atom. The van der Waals surface area contributed by atoms with E-state index in [1.54, 1.807) is 0 Å². The van der Waals surface area contributed by atoms with E-state index in [4.69, 9.17) is 0 Å². The largest absolute Gasteiger partial charge is 0.380 e. The third-order valence-corrected chi connectivity index (χ3v) is 3.75. The molecule has 0 aliphatic heterocycles. The third kappa shape index (κ3) is 3.15. The zero-order chi connectivity index (χ0) is 13.7. The van der Waals surface area contributed by atoms with Crippen molar-refractivity contribution in [3.05, 3.63) is 63.6 Å². The molecule has 2 aromatic carbocycles. The number of anilines is 1. The van der Waals surface area contributed by atoms with Crippen molar-refractivity contribution < 1.29 is 0 Å². The van der Waals surface area contributed by atoms with Gasteiger partial charge in [-0.2, -0.15) is 5.26 Å². The molecule has 19 heavy (non-hydrogen) atoms. The molecule has 0 spiro atoms. The van der Waals surface area contributed by atoms with Crippen LogP contribution < -0.4 is 5.32 Å². The van der Waals surface area contributed by atoms with E-state index in [0.29, 0.717) is 5.56 Å². The van der Waals surface area contributed by atoms with Crippen LogP contribution in [-0.2, 0) is 13.0 Å². The van der Waals surface area contributed by atoms with Crippen molar-refractivity contribution >= 4 is 21.6 Å². The van der Waals surface area contributed by atoms with Gasteiger partial charge >= 0.3 is 0 Å². The Bertz CT molecular complexity index is 614. The molecule has 0 aliphatic rings. The van der Waals surface area contributed by atoms with Crippen molar-refractivity contribution in [2.45, 2.75) is 19.9 Å². The van der Waals surface area contributed by atoms with Crippen LogP contribution in [0.4, 0.5) is 5.69 Å². The molecule has 0 atom stereocenters. The predicted octanol–water partition coefficient (Wildman–Crippen LogP) is 4.50. The average molecular weight is 315 g/mol. The fourth-order valence-electron chi connectivity index (χ4n) is 2.05. The number of benzene rings is 2. The molecule has 0 aliphatic carbocycles. The van der Waals surface area contributed by atoms with Gasteiger partial charge in [0, 0.05) is 11.0 Å². The van der Waals surface area contributed by atoms with Crippen LogP contribution in [0.5, 0.6) is 0 Å². The van der Waals surface area contributed by atoms with E-state index in [9.17, 15) is 5.26 Å². The second-order valence-corrected chi connectivity index (χ2v) is 5.10. The van der Waals surface area contributed by atoms with Gasteiger partial charge in [0.05, 0.1) is 11.3 Å². The topological polar surface area (TPSA) is 35.8 Å². The number of rotatable bonds is 4. The first-order chi connectivity index (χ1) is 9.26. The molecule has 0 unspecified atom stereocenters. The molecular formula is C16H15BrN2. The molecule has 0 aromatic heterocycles. The first kappa shape index (κ1) is 13.6. The Kier molecular flexibility index (Phi) is 4.59. The Morgan fingerprint density at radius 1 is 1.11 bits per heavy atom. The van der Waals surface area contributed by atoms with Crippen molar-refractivity contribution in [3.8, 4) is 6.07 Å². The normalized spacial score (nSPS) is 9.95. The lowest BCUT2D eigenvalue weighted by Crippen LogP contribution is -2.04. The summed E-state index contributed by atoms with van der Waals surface area (Å²) in [7, 11) is 0. The predicted molar refractivity (Wildman–Crippen MR) is 82.0 cm³/mol. The summed E-state index contributed by atoms with van der Waals surface area (Å²) in [6.07, 6.45) is 1.02. The van der Waals surface area contributed by atoms with Gasteiger partial charge in [0.15, 0.2) is 0 Å². The van der Waals surface area contributed by atoms with Crippen LogP contribution in [-0.4, -0.2) is 0 Å². The third-order valence-electron chi connectivity index (χ3n) is 3.09. The lowest BCUT2D eigenvalue weighted by atomic mass is 10.1. The SMILES string of the molecule is CCc1ccccc1CNc1cccc(Br)c1C#N. The minimum absolute atomic E-state index is 0.650. The highest BCUT2D eigenvalue weighted by Gasteiger charge is 2.06. The molecule has 0 saturated heterocycles. The molecule has 2 rings (SSSR count). The van der Waals surface area contributed by atoms with Crippen LogP contribution >= 0.6 is 15.9 Å². The number of halogens is 1. The first-order valence-corrected chi connectivity index (χ1v) is 7.04. The fraction of sp³-hybridized carbons (Fsp3) is 0.188. The molecule has 0 bridgehead atoms. The summed E-state index contributed by atoms with van der Waals surface area (Å²) < 4.78 is 0.823. The Hall–Kier alpha value is -1.79. The summed E-state index contributed by atoms with van der Waals surface area (Å²) in [5.74, 6) is 0. The lowest BCUT2D eigenvalue weighted by molar-refractivity contribution is 1.04. The molecule has 1 N–H and O–H groups in total. The van der Waals surface area contributed by atoms with Gasteiger partial charge in [-0.05, 0) is 45.6 Å². The minimum Gasteiger partial charge on any atom is -0.380 e. The standard InChI is InChI=1S/C16H15BrN2/c1-2-12-6-3-4-7-13(12)11-19-16-9-5-8-15(17)14(16)10-18/h3-9,19H,2,11H2,1H3. The van der Waals surface area contributed by atoms with E-state index in [2.05, 4.69) is 52.4 Å². The molecule has 2 aromatic rings. The van der Waals surface area contributed by atoms with Crippen LogP contribution in [0, 0.1) is 11.3 Å². The molecule has 3 heteroatoms. The summed E-state index contributed by atoms with van der Waals surface area (Å²) in [6, 6.07) is 16.3. The molecule has 0 amide bonds. The second kappa shape index (κ2) is 6.40. The summed E-state index contributed by atoms with van der Waals surface area (Å²) in [4.78, 5) is 0. The van der Waals surface area contributed by atoms with Crippen LogP contribution in [0.15, 0.2) is 46.9 Å². The van der Waals surface area contributed by atoms with Gasteiger partial charge in [0.1, 0.15) is 6.07 Å². The Labute approximate surface area is 122 Å². The molecular weight excluding hydrogens is 300 g/mol. The van der Waals surface area contributed by atoms with Crippen LogP contribution in [0.2, 0.25) is 0 Å². The van der Waals surface area contributed by atoms with Crippen LogP contribution in [0.25, 0.3) is 0 Å². The van der Waals surface area contributed by atoms with Gasteiger partial charge in [0.2, 0.25) is 0 Å². The maximum atomic E-state index is 9.18. The quantitative estimate of drug-likeness (QED) is 0.902. The van der Waals surface area contributed by atoms with Gasteiger partial charge < -0.3 is 5.32 Å². The Morgan fingerprint density at radius 2 is 1.84 bits per heavy atom. The van der Waals surface area contributed by atoms with Gasteiger partial charge in [-0.15, -0.1) is 0 Å². The van der Waals surface area contributed by atoms with Crippen LogP contribution in [0.1, 0.15) is 23.6 Å². The summed E-state index contributed by atoms with van der Waals surface area (Å²) in [5.41, 5.74) is 4.12. The van der Waals surface area contributed by atoms with Gasteiger partial charge in [-0.1, -0.05) is 37.3 Å². The highest BCUT2D eigenvalue weighted by Crippen LogP contribution is 2.24. The molecule has 0 heterocycles. The van der Waals surface area contributed by atoms with Crippen molar-refractivity contribution in [2.24, 2.45) is 0 Å². The van der Waals surface area contributed by atoms with Gasteiger partial charge in [0.25, 0.3) is 0 Å². The summed E-state index contributed by atoms with van der Waals surface area (Å²) in [6.45, 7) is 2.88. The maximum absolute atomic E-state index is 9.18. The molecule has 0 fully saturated rings. The number of hydrogen-bond donors (Lipinski definition) is 1. The second-order valence-electron chi connectivity index (χ2n) is 4.25. The van der Waals surface area contributed by atoms with Gasteiger partial charge in [-0.25, -0.2) is 0 Å². The van der Waals surface area contributed by atoms with E-state index in [-0.39, 0.29) is 0 Å². The molecule has 0 radical (unpaired) electrons. The highest BCUT2D eigenvalue weighted by molar-refractivity contribution is 9.10. The number of hydrogen-bond acceptors (Lipinski definition) is 2. The summed E-state index contributed by atoms with van der Waals surface area (Å²) >= 11 is 3.40. The fourth-order valence-corrected chi connectivity index (χ4v) is 2.51. The smallest absolute Gasteiger partial charge is 0.103 e. The van der Waals surface area contributed by atoms with Crippen molar-refractivity contribution in [1.29, 1.82) is 5.26 Å². The van der Waals surface area contributed by atoms with Crippen LogP contribution in [0.3, 0.4) is 0 Å². The van der Waals surface area contributed by atoms with E-state index in [1.165, 1.54) is 11.1 Å². The average Bonchev–Trinajstić information content (AvgIpc) is 2.45.